The maximum atomic E-state index is 4.04. The average molecular weight is 196 g/mol. The minimum Gasteiger partial charge on any atom is -0.323 e. The summed E-state index contributed by atoms with van der Waals surface area (Å²) in [5.74, 6) is 6.23. The summed E-state index contributed by atoms with van der Waals surface area (Å²) in [5.41, 5.74) is 2.19. The minimum atomic E-state index is 0.695. The van der Waals surface area contributed by atoms with E-state index in [-0.39, 0.29) is 0 Å². The second kappa shape index (κ2) is 4.47. The van der Waals surface area contributed by atoms with Gasteiger partial charge in [0.15, 0.2) is 0 Å². The largest absolute Gasteiger partial charge is 0.323 e. The Morgan fingerprint density at radius 3 is 2.73 bits per heavy atom. The van der Waals surface area contributed by atoms with E-state index >= 15 is 0 Å². The van der Waals surface area contributed by atoms with Gasteiger partial charge in [0.25, 0.3) is 0 Å². The highest BCUT2D eigenvalue weighted by molar-refractivity contribution is 5.33. The van der Waals surface area contributed by atoms with E-state index in [0.717, 1.165) is 11.3 Å². The molecule has 2 aromatic rings. The second-order valence-electron chi connectivity index (χ2n) is 3.33. The second-order valence-corrected chi connectivity index (χ2v) is 3.33. The number of nitrogens with zero attached hydrogens (tertiary/aromatic N) is 2. The van der Waals surface area contributed by atoms with E-state index in [4.69, 9.17) is 0 Å². The summed E-state index contributed by atoms with van der Waals surface area (Å²) in [6.45, 7) is 2.72. The van der Waals surface area contributed by atoms with Gasteiger partial charge >= 0.3 is 0 Å². The van der Waals surface area contributed by atoms with Crippen LogP contribution in [0.4, 0.5) is 0 Å². The SMILES string of the molecule is Cc1cncn1CC#Cc1ccccc1. The van der Waals surface area contributed by atoms with Gasteiger partial charge in [-0.15, -0.1) is 0 Å². The molecule has 0 atom stereocenters. The highest BCUT2D eigenvalue weighted by Gasteiger charge is 1.91. The van der Waals surface area contributed by atoms with Crippen molar-refractivity contribution >= 4 is 0 Å². The van der Waals surface area contributed by atoms with Crippen LogP contribution in [0.25, 0.3) is 0 Å². The monoisotopic (exact) mass is 196 g/mol. The lowest BCUT2D eigenvalue weighted by molar-refractivity contribution is 0.808. The molecule has 74 valence electrons. The van der Waals surface area contributed by atoms with Crippen LogP contribution in [0.15, 0.2) is 42.9 Å². The predicted octanol–water partition coefficient (Wildman–Crippen LogP) is 2.24. The lowest BCUT2D eigenvalue weighted by Gasteiger charge is -1.96. The third-order valence-corrected chi connectivity index (χ3v) is 2.18. The molecule has 2 rings (SSSR count). The van der Waals surface area contributed by atoms with Crippen LogP contribution in [-0.4, -0.2) is 9.55 Å². The molecule has 2 heteroatoms. The fourth-order valence-electron chi connectivity index (χ4n) is 1.30. The van der Waals surface area contributed by atoms with E-state index in [1.165, 1.54) is 0 Å². The van der Waals surface area contributed by atoms with E-state index in [9.17, 15) is 0 Å². The van der Waals surface area contributed by atoms with E-state index in [2.05, 4.69) is 16.8 Å². The highest BCUT2D eigenvalue weighted by Crippen LogP contribution is 1.97. The summed E-state index contributed by atoms with van der Waals surface area (Å²) in [6, 6.07) is 9.99. The molecule has 0 saturated carbocycles. The molecule has 0 saturated heterocycles. The summed E-state index contributed by atoms with van der Waals surface area (Å²) >= 11 is 0. The Labute approximate surface area is 89.6 Å². The first-order valence-corrected chi connectivity index (χ1v) is 4.87. The zero-order valence-corrected chi connectivity index (χ0v) is 8.64. The molecule has 1 aromatic carbocycles. The molecule has 0 aliphatic heterocycles. The maximum absolute atomic E-state index is 4.04. The van der Waals surface area contributed by atoms with E-state index < -0.39 is 0 Å². The Hall–Kier alpha value is -2.01. The fraction of sp³-hybridized carbons (Fsp3) is 0.154. The quantitative estimate of drug-likeness (QED) is 0.640. The fourth-order valence-corrected chi connectivity index (χ4v) is 1.30. The Balaban J connectivity index is 2.06. The molecule has 0 aliphatic carbocycles. The van der Waals surface area contributed by atoms with Crippen molar-refractivity contribution in [1.82, 2.24) is 9.55 Å². The molecule has 0 bridgehead atoms. The van der Waals surface area contributed by atoms with Gasteiger partial charge in [-0.05, 0) is 19.1 Å². The summed E-state index contributed by atoms with van der Waals surface area (Å²) < 4.78 is 2.02. The highest BCUT2D eigenvalue weighted by atomic mass is 15.0. The topological polar surface area (TPSA) is 17.8 Å². The first-order valence-electron chi connectivity index (χ1n) is 4.87. The van der Waals surface area contributed by atoms with Crippen molar-refractivity contribution in [1.29, 1.82) is 0 Å². The van der Waals surface area contributed by atoms with Crippen LogP contribution in [-0.2, 0) is 6.54 Å². The van der Waals surface area contributed by atoms with E-state index in [1.807, 2.05) is 48.0 Å². The van der Waals surface area contributed by atoms with Crippen LogP contribution >= 0.6 is 0 Å². The van der Waals surface area contributed by atoms with Crippen molar-refractivity contribution in [3.05, 3.63) is 54.1 Å². The standard InChI is InChI=1S/C13H12N2/c1-12-10-14-11-15(12)9-5-8-13-6-3-2-4-7-13/h2-4,6-7,10-11H,9H2,1H3. The Bertz CT molecular complexity index is 486. The number of aryl methyl sites for hydroxylation is 1. The average Bonchev–Trinajstić information content (AvgIpc) is 2.66. The first kappa shape index (κ1) is 9.54. The summed E-state index contributed by atoms with van der Waals surface area (Å²) in [6.07, 6.45) is 3.64. The van der Waals surface area contributed by atoms with Crippen LogP contribution in [0.5, 0.6) is 0 Å². The van der Waals surface area contributed by atoms with Crippen LogP contribution in [0.2, 0.25) is 0 Å². The number of hydrogen-bond donors (Lipinski definition) is 0. The van der Waals surface area contributed by atoms with Crippen LogP contribution in [0.1, 0.15) is 11.3 Å². The van der Waals surface area contributed by atoms with Gasteiger partial charge in [-0.2, -0.15) is 0 Å². The number of imidazole rings is 1. The van der Waals surface area contributed by atoms with Crippen molar-refractivity contribution in [3.63, 3.8) is 0 Å². The van der Waals surface area contributed by atoms with Crippen molar-refractivity contribution in [2.45, 2.75) is 13.5 Å². The Kier molecular flexibility index (Phi) is 2.85. The summed E-state index contributed by atoms with van der Waals surface area (Å²) in [4.78, 5) is 4.04. The van der Waals surface area contributed by atoms with Gasteiger partial charge < -0.3 is 4.57 Å². The smallest absolute Gasteiger partial charge is 0.0956 e. The zero-order valence-electron chi connectivity index (χ0n) is 8.64. The van der Waals surface area contributed by atoms with Crippen LogP contribution in [0, 0.1) is 18.8 Å². The van der Waals surface area contributed by atoms with Crippen molar-refractivity contribution < 1.29 is 0 Å². The predicted molar refractivity (Wildman–Crippen MR) is 60.3 cm³/mol. The van der Waals surface area contributed by atoms with Crippen molar-refractivity contribution in [3.8, 4) is 11.8 Å². The van der Waals surface area contributed by atoms with E-state index in [0.29, 0.717) is 6.54 Å². The molecule has 1 heterocycles. The van der Waals surface area contributed by atoms with Gasteiger partial charge in [-0.25, -0.2) is 4.98 Å². The molecule has 2 nitrogen and oxygen atoms in total. The molecule has 15 heavy (non-hydrogen) atoms. The number of aromatic nitrogens is 2. The molecule has 0 spiro atoms. The first-order chi connectivity index (χ1) is 7.36. The Morgan fingerprint density at radius 1 is 1.27 bits per heavy atom. The van der Waals surface area contributed by atoms with Crippen LogP contribution in [0.3, 0.4) is 0 Å². The maximum Gasteiger partial charge on any atom is 0.0956 e. The van der Waals surface area contributed by atoms with Crippen LogP contribution < -0.4 is 0 Å². The molecular weight excluding hydrogens is 184 g/mol. The third-order valence-electron chi connectivity index (χ3n) is 2.18. The summed E-state index contributed by atoms with van der Waals surface area (Å²) in [7, 11) is 0. The van der Waals surface area contributed by atoms with Gasteiger partial charge in [-0.3, -0.25) is 0 Å². The van der Waals surface area contributed by atoms with Gasteiger partial charge in [-0.1, -0.05) is 30.0 Å². The van der Waals surface area contributed by atoms with Gasteiger partial charge in [0.05, 0.1) is 12.9 Å². The lowest BCUT2D eigenvalue weighted by atomic mass is 10.2. The molecule has 1 aromatic heterocycles. The van der Waals surface area contributed by atoms with Gasteiger partial charge in [0.1, 0.15) is 0 Å². The third kappa shape index (κ3) is 2.47. The van der Waals surface area contributed by atoms with Crippen molar-refractivity contribution in [2.24, 2.45) is 0 Å². The van der Waals surface area contributed by atoms with Gasteiger partial charge in [0, 0.05) is 17.5 Å². The summed E-state index contributed by atoms with van der Waals surface area (Å²) in [5, 5.41) is 0. The molecule has 0 amide bonds. The van der Waals surface area contributed by atoms with Crippen molar-refractivity contribution in [2.75, 3.05) is 0 Å². The normalized spacial score (nSPS) is 9.40. The molecule has 0 N–H and O–H groups in total. The zero-order chi connectivity index (χ0) is 10.5. The number of hydrogen-bond acceptors (Lipinski definition) is 1. The Morgan fingerprint density at radius 2 is 2.07 bits per heavy atom. The van der Waals surface area contributed by atoms with E-state index in [1.54, 1.807) is 6.33 Å². The number of benzene rings is 1. The molecule has 0 unspecified atom stereocenters. The molecule has 0 aliphatic rings. The molecule has 0 fully saturated rings. The molecule has 0 radical (unpaired) electrons. The lowest BCUT2D eigenvalue weighted by Crippen LogP contribution is -1.95. The molecular formula is C13H12N2. The number of rotatable bonds is 1. The minimum absolute atomic E-state index is 0.695. The van der Waals surface area contributed by atoms with Gasteiger partial charge in [0.2, 0.25) is 0 Å².